The van der Waals surface area contributed by atoms with Crippen molar-refractivity contribution in [3.63, 3.8) is 0 Å². The first-order valence-electron chi connectivity index (χ1n) is 5.39. The Morgan fingerprint density at radius 3 is 2.15 bits per heavy atom. The topological polar surface area (TPSA) is 144 Å². The van der Waals surface area contributed by atoms with E-state index in [-0.39, 0.29) is 11.4 Å². The molecule has 0 fully saturated rings. The number of aliphatic carboxylic acids is 1. The molecule has 0 radical (unpaired) electrons. The van der Waals surface area contributed by atoms with Crippen molar-refractivity contribution in [3.8, 4) is 0 Å². The minimum absolute atomic E-state index is 0.216. The molecular formula is C10H14N2O6S2. The summed E-state index contributed by atoms with van der Waals surface area (Å²) in [6.45, 7) is 0. The fourth-order valence-electron chi connectivity index (χ4n) is 1.35. The summed E-state index contributed by atoms with van der Waals surface area (Å²) in [6.07, 6.45) is -0.501. The number of sulfonamides is 2. The Balaban J connectivity index is 2.72. The predicted octanol–water partition coefficient (Wildman–Crippen LogP) is -0.308. The lowest BCUT2D eigenvalue weighted by molar-refractivity contribution is -0.136. The maximum Gasteiger partial charge on any atom is 0.304 e. The molecule has 0 aliphatic rings. The molecule has 10 heteroatoms. The van der Waals surface area contributed by atoms with Gasteiger partial charge in [-0.15, -0.1) is 0 Å². The lowest BCUT2D eigenvalue weighted by Gasteiger charge is -2.07. The first-order valence-corrected chi connectivity index (χ1v) is 8.76. The summed E-state index contributed by atoms with van der Waals surface area (Å²) < 4.78 is 47.0. The molecule has 0 bridgehead atoms. The minimum Gasteiger partial charge on any atom is -0.481 e. The van der Waals surface area contributed by atoms with Crippen molar-refractivity contribution in [1.82, 2.24) is 0 Å². The Labute approximate surface area is 116 Å². The smallest absolute Gasteiger partial charge is 0.304 e. The maximum atomic E-state index is 11.5. The number of anilines is 1. The summed E-state index contributed by atoms with van der Waals surface area (Å²) in [4.78, 5) is 10.3. The second-order valence-electron chi connectivity index (χ2n) is 4.07. The highest BCUT2D eigenvalue weighted by molar-refractivity contribution is 7.92. The monoisotopic (exact) mass is 322 g/mol. The zero-order valence-corrected chi connectivity index (χ0v) is 11.9. The number of carboxylic acid groups (broad SMARTS) is 1. The first-order chi connectivity index (χ1) is 9.07. The highest BCUT2D eigenvalue weighted by atomic mass is 32.2. The van der Waals surface area contributed by atoms with Crippen LogP contribution in [-0.4, -0.2) is 33.7 Å². The third kappa shape index (κ3) is 6.50. The van der Waals surface area contributed by atoms with Gasteiger partial charge in [0.05, 0.1) is 17.9 Å². The summed E-state index contributed by atoms with van der Waals surface area (Å²) in [5.74, 6) is -2.10. The third-order valence-electron chi connectivity index (χ3n) is 2.18. The van der Waals surface area contributed by atoms with E-state index in [2.05, 4.69) is 4.72 Å². The highest BCUT2D eigenvalue weighted by Gasteiger charge is 2.13. The van der Waals surface area contributed by atoms with Gasteiger partial charge >= 0.3 is 5.97 Å². The van der Waals surface area contributed by atoms with Crippen LogP contribution in [0.25, 0.3) is 0 Å². The van der Waals surface area contributed by atoms with E-state index in [4.69, 9.17) is 10.2 Å². The molecule has 0 spiro atoms. The molecule has 0 unspecified atom stereocenters. The molecule has 1 rings (SSSR count). The van der Waals surface area contributed by atoms with Gasteiger partial charge < -0.3 is 5.11 Å². The molecule has 0 saturated carbocycles. The standard InChI is InChI=1S/C10H14N2O6S2/c11-19(15,16)7-8-1-3-9(4-2-8)12-20(17,18)6-5-10(13)14/h1-4,12H,5-7H2,(H,13,14)(H2,11,15,16). The molecule has 4 N–H and O–H groups in total. The zero-order valence-electron chi connectivity index (χ0n) is 10.3. The number of nitrogens with two attached hydrogens (primary N) is 1. The quantitative estimate of drug-likeness (QED) is 0.628. The van der Waals surface area contributed by atoms with Crippen LogP contribution < -0.4 is 9.86 Å². The van der Waals surface area contributed by atoms with Crippen molar-refractivity contribution in [2.24, 2.45) is 5.14 Å². The molecule has 0 saturated heterocycles. The fourth-order valence-corrected chi connectivity index (χ4v) is 3.05. The minimum atomic E-state index is -3.75. The molecule has 20 heavy (non-hydrogen) atoms. The molecule has 0 atom stereocenters. The second kappa shape index (κ2) is 6.20. The van der Waals surface area contributed by atoms with E-state index < -0.39 is 38.2 Å². The summed E-state index contributed by atoms with van der Waals surface area (Å²) in [5, 5.41) is 13.3. The molecule has 8 nitrogen and oxygen atoms in total. The molecular weight excluding hydrogens is 308 g/mol. The lowest BCUT2D eigenvalue weighted by atomic mass is 10.2. The van der Waals surface area contributed by atoms with E-state index in [1.165, 1.54) is 24.3 Å². The van der Waals surface area contributed by atoms with Crippen LogP contribution in [0.1, 0.15) is 12.0 Å². The van der Waals surface area contributed by atoms with E-state index in [1.54, 1.807) is 0 Å². The van der Waals surface area contributed by atoms with Crippen LogP contribution in [0.5, 0.6) is 0 Å². The summed E-state index contributed by atoms with van der Waals surface area (Å²) >= 11 is 0. The van der Waals surface area contributed by atoms with Gasteiger partial charge in [0, 0.05) is 5.69 Å². The van der Waals surface area contributed by atoms with E-state index in [0.29, 0.717) is 5.56 Å². The maximum absolute atomic E-state index is 11.5. The van der Waals surface area contributed by atoms with Gasteiger partial charge in [-0.25, -0.2) is 22.0 Å². The number of hydrogen-bond acceptors (Lipinski definition) is 5. The molecule has 112 valence electrons. The van der Waals surface area contributed by atoms with Gasteiger partial charge in [0.15, 0.2) is 0 Å². The zero-order chi connectivity index (χ0) is 15.4. The van der Waals surface area contributed by atoms with Crippen molar-refractivity contribution in [3.05, 3.63) is 29.8 Å². The number of rotatable bonds is 7. The first kappa shape index (κ1) is 16.4. The van der Waals surface area contributed by atoms with Crippen molar-refractivity contribution in [2.45, 2.75) is 12.2 Å². The number of carboxylic acids is 1. The van der Waals surface area contributed by atoms with Crippen LogP contribution in [0.3, 0.4) is 0 Å². The number of carbonyl (C=O) groups is 1. The van der Waals surface area contributed by atoms with Gasteiger partial charge in [0.25, 0.3) is 0 Å². The molecule has 1 aromatic carbocycles. The summed E-state index contributed by atoms with van der Waals surface area (Å²) in [6, 6.07) is 5.58. The number of benzene rings is 1. The Morgan fingerprint density at radius 1 is 1.15 bits per heavy atom. The van der Waals surface area contributed by atoms with Gasteiger partial charge in [-0.3, -0.25) is 9.52 Å². The molecule has 0 aromatic heterocycles. The average molecular weight is 322 g/mol. The van der Waals surface area contributed by atoms with Gasteiger partial charge in [-0.2, -0.15) is 0 Å². The lowest BCUT2D eigenvalue weighted by Crippen LogP contribution is -2.19. The van der Waals surface area contributed by atoms with Gasteiger partial charge in [-0.05, 0) is 17.7 Å². The summed E-state index contributed by atoms with van der Waals surface area (Å²) in [5.41, 5.74) is 0.634. The molecule has 0 amide bonds. The van der Waals surface area contributed by atoms with E-state index in [9.17, 15) is 21.6 Å². The Kier molecular flexibility index (Phi) is 5.09. The van der Waals surface area contributed by atoms with Crippen LogP contribution in [0.4, 0.5) is 5.69 Å². The predicted molar refractivity (Wildman–Crippen MR) is 72.9 cm³/mol. The molecule has 0 heterocycles. The number of hydrogen-bond donors (Lipinski definition) is 3. The SMILES string of the molecule is NS(=O)(=O)Cc1ccc(NS(=O)(=O)CCC(=O)O)cc1. The van der Waals surface area contributed by atoms with Crippen molar-refractivity contribution in [2.75, 3.05) is 10.5 Å². The Hall–Kier alpha value is -1.65. The van der Waals surface area contributed by atoms with E-state index >= 15 is 0 Å². The van der Waals surface area contributed by atoms with Crippen molar-refractivity contribution < 1.29 is 26.7 Å². The van der Waals surface area contributed by atoms with Crippen LogP contribution in [-0.2, 0) is 30.6 Å². The van der Waals surface area contributed by atoms with Gasteiger partial charge in [-0.1, -0.05) is 12.1 Å². The van der Waals surface area contributed by atoms with E-state index in [1.807, 2.05) is 0 Å². The Morgan fingerprint density at radius 2 is 1.70 bits per heavy atom. The normalized spacial score (nSPS) is 12.1. The van der Waals surface area contributed by atoms with Gasteiger partial charge in [0.1, 0.15) is 0 Å². The van der Waals surface area contributed by atoms with E-state index in [0.717, 1.165) is 0 Å². The summed E-state index contributed by atoms with van der Waals surface area (Å²) in [7, 11) is -7.40. The molecule has 0 aliphatic heterocycles. The van der Waals surface area contributed by atoms with Gasteiger partial charge in [0.2, 0.25) is 20.0 Å². The second-order valence-corrected chi connectivity index (χ2v) is 7.53. The van der Waals surface area contributed by atoms with Crippen LogP contribution in [0, 0.1) is 0 Å². The fraction of sp³-hybridized carbons (Fsp3) is 0.300. The Bertz CT molecular complexity index is 679. The number of primary sulfonamides is 1. The van der Waals surface area contributed by atoms with Crippen LogP contribution in [0.2, 0.25) is 0 Å². The van der Waals surface area contributed by atoms with Crippen molar-refractivity contribution >= 4 is 31.7 Å². The number of nitrogens with one attached hydrogen (secondary N) is 1. The molecule has 1 aromatic rings. The highest BCUT2D eigenvalue weighted by Crippen LogP contribution is 2.13. The van der Waals surface area contributed by atoms with Crippen molar-refractivity contribution in [1.29, 1.82) is 0 Å². The van der Waals surface area contributed by atoms with Crippen LogP contribution >= 0.6 is 0 Å². The third-order valence-corrected chi connectivity index (χ3v) is 4.20. The molecule has 0 aliphatic carbocycles. The largest absolute Gasteiger partial charge is 0.481 e. The van der Waals surface area contributed by atoms with Crippen LogP contribution in [0.15, 0.2) is 24.3 Å². The average Bonchev–Trinajstić information content (AvgIpc) is 2.27.